The summed E-state index contributed by atoms with van der Waals surface area (Å²) in [5.41, 5.74) is 7.47. The van der Waals surface area contributed by atoms with Gasteiger partial charge in [0.1, 0.15) is 0 Å². The van der Waals surface area contributed by atoms with Crippen molar-refractivity contribution in [3.63, 3.8) is 0 Å². The minimum Gasteiger partial charge on any atom is -0.377 e. The predicted octanol–water partition coefficient (Wildman–Crippen LogP) is 1.83. The Morgan fingerprint density at radius 3 is 2.50 bits per heavy atom. The first-order valence-electron chi connectivity index (χ1n) is 7.44. The molecule has 1 aliphatic rings. The normalized spacial score (nSPS) is 16.4. The van der Waals surface area contributed by atoms with Crippen molar-refractivity contribution in [2.75, 3.05) is 26.2 Å². The van der Waals surface area contributed by atoms with Crippen LogP contribution in [0.4, 0.5) is 0 Å². The summed E-state index contributed by atoms with van der Waals surface area (Å²) in [5, 5.41) is 0. The number of aryl methyl sites for hydroxylation is 1. The fraction of sp³-hybridized carbons (Fsp3) is 0.562. The van der Waals surface area contributed by atoms with Crippen LogP contribution < -0.4 is 5.73 Å². The van der Waals surface area contributed by atoms with Crippen molar-refractivity contribution >= 4 is 5.91 Å². The minimum atomic E-state index is 0.130. The average Bonchev–Trinajstić information content (AvgIpc) is 2.53. The number of carbonyl (C=O) groups excluding carboxylic acids is 1. The molecule has 1 saturated heterocycles. The summed E-state index contributed by atoms with van der Waals surface area (Å²) < 4.78 is 5.63. The molecule has 0 bridgehead atoms. The molecule has 0 aromatic heterocycles. The van der Waals surface area contributed by atoms with E-state index in [4.69, 9.17) is 10.5 Å². The number of amides is 1. The van der Waals surface area contributed by atoms with Crippen molar-refractivity contribution in [3.05, 3.63) is 35.4 Å². The van der Waals surface area contributed by atoms with Crippen molar-refractivity contribution in [1.29, 1.82) is 0 Å². The summed E-state index contributed by atoms with van der Waals surface area (Å²) in [6.07, 6.45) is 3.06. The van der Waals surface area contributed by atoms with Crippen LogP contribution in [-0.4, -0.2) is 43.2 Å². The first-order chi connectivity index (χ1) is 9.74. The molecule has 0 atom stereocenters. The van der Waals surface area contributed by atoms with Gasteiger partial charge >= 0.3 is 0 Å². The molecule has 2 rings (SSSR count). The van der Waals surface area contributed by atoms with E-state index in [0.717, 1.165) is 37.9 Å². The Balaban J connectivity index is 1.87. The molecule has 4 nitrogen and oxygen atoms in total. The Bertz CT molecular complexity index is 423. The molecule has 1 aromatic carbocycles. The number of nitrogens with zero attached hydrogens (tertiary/aromatic N) is 1. The van der Waals surface area contributed by atoms with Gasteiger partial charge in [-0.3, -0.25) is 4.79 Å². The molecular formula is C16H24N2O2. The third-order valence-corrected chi connectivity index (χ3v) is 3.81. The Morgan fingerprint density at radius 1 is 1.30 bits per heavy atom. The van der Waals surface area contributed by atoms with E-state index < -0.39 is 0 Å². The average molecular weight is 276 g/mol. The van der Waals surface area contributed by atoms with Gasteiger partial charge in [0.25, 0.3) is 5.91 Å². The molecule has 1 amide bonds. The second-order valence-corrected chi connectivity index (χ2v) is 5.20. The van der Waals surface area contributed by atoms with Gasteiger partial charge in [0, 0.05) is 25.2 Å². The van der Waals surface area contributed by atoms with Crippen molar-refractivity contribution in [1.82, 2.24) is 4.90 Å². The van der Waals surface area contributed by atoms with E-state index in [-0.39, 0.29) is 12.0 Å². The second kappa shape index (κ2) is 7.41. The highest BCUT2D eigenvalue weighted by atomic mass is 16.5. The summed E-state index contributed by atoms with van der Waals surface area (Å²) in [6, 6.07) is 7.92. The molecule has 0 radical (unpaired) electrons. The molecule has 1 fully saturated rings. The zero-order valence-electron chi connectivity index (χ0n) is 12.2. The highest BCUT2D eigenvalue weighted by Gasteiger charge is 2.23. The first-order valence-corrected chi connectivity index (χ1v) is 7.44. The smallest absolute Gasteiger partial charge is 0.253 e. The van der Waals surface area contributed by atoms with Gasteiger partial charge in [0.15, 0.2) is 0 Å². The van der Waals surface area contributed by atoms with Crippen LogP contribution in [0.5, 0.6) is 0 Å². The summed E-state index contributed by atoms with van der Waals surface area (Å²) in [7, 11) is 0. The number of likely N-dealkylation sites (tertiary alicyclic amines) is 1. The van der Waals surface area contributed by atoms with Gasteiger partial charge in [0.2, 0.25) is 0 Å². The van der Waals surface area contributed by atoms with E-state index in [2.05, 4.69) is 6.92 Å². The number of hydrogen-bond acceptors (Lipinski definition) is 3. The number of nitrogens with two attached hydrogens (primary N) is 1. The van der Waals surface area contributed by atoms with E-state index >= 15 is 0 Å². The van der Waals surface area contributed by atoms with Crippen LogP contribution in [0.2, 0.25) is 0 Å². The van der Waals surface area contributed by atoms with E-state index in [1.165, 1.54) is 5.56 Å². The molecule has 4 heteroatoms. The van der Waals surface area contributed by atoms with Gasteiger partial charge < -0.3 is 15.4 Å². The fourth-order valence-corrected chi connectivity index (χ4v) is 2.53. The predicted molar refractivity (Wildman–Crippen MR) is 79.8 cm³/mol. The Labute approximate surface area is 120 Å². The second-order valence-electron chi connectivity index (χ2n) is 5.20. The molecule has 110 valence electrons. The van der Waals surface area contributed by atoms with Gasteiger partial charge in [0.05, 0.1) is 12.7 Å². The number of piperidine rings is 1. The van der Waals surface area contributed by atoms with Gasteiger partial charge in [-0.2, -0.15) is 0 Å². The van der Waals surface area contributed by atoms with E-state index in [1.54, 1.807) is 0 Å². The number of benzene rings is 1. The maximum Gasteiger partial charge on any atom is 0.253 e. The van der Waals surface area contributed by atoms with E-state index in [1.807, 2.05) is 29.2 Å². The SMILES string of the molecule is CCc1ccc(C(=O)N2CCC(OCCN)CC2)cc1. The van der Waals surface area contributed by atoms with Crippen LogP contribution in [0.15, 0.2) is 24.3 Å². The van der Waals surface area contributed by atoms with Crippen LogP contribution in [0, 0.1) is 0 Å². The zero-order chi connectivity index (χ0) is 14.4. The molecule has 1 aromatic rings. The molecule has 1 heterocycles. The lowest BCUT2D eigenvalue weighted by molar-refractivity contribution is 0.0122. The van der Waals surface area contributed by atoms with Gasteiger partial charge in [-0.05, 0) is 37.0 Å². The molecule has 2 N–H and O–H groups in total. The highest BCUT2D eigenvalue weighted by molar-refractivity contribution is 5.94. The van der Waals surface area contributed by atoms with Gasteiger partial charge in [-0.1, -0.05) is 19.1 Å². The summed E-state index contributed by atoms with van der Waals surface area (Å²) in [5.74, 6) is 0.130. The third-order valence-electron chi connectivity index (χ3n) is 3.81. The molecular weight excluding hydrogens is 252 g/mol. The summed E-state index contributed by atoms with van der Waals surface area (Å²) in [6.45, 7) is 4.82. The van der Waals surface area contributed by atoms with Crippen molar-refractivity contribution in [2.45, 2.75) is 32.3 Å². The Morgan fingerprint density at radius 2 is 1.95 bits per heavy atom. The quantitative estimate of drug-likeness (QED) is 0.892. The van der Waals surface area contributed by atoms with Crippen LogP contribution in [0.3, 0.4) is 0 Å². The monoisotopic (exact) mass is 276 g/mol. The van der Waals surface area contributed by atoms with Crippen molar-refractivity contribution < 1.29 is 9.53 Å². The maximum absolute atomic E-state index is 12.4. The zero-order valence-corrected chi connectivity index (χ0v) is 12.2. The fourth-order valence-electron chi connectivity index (χ4n) is 2.53. The standard InChI is InChI=1S/C16H24N2O2/c1-2-13-3-5-14(6-4-13)16(19)18-10-7-15(8-11-18)20-12-9-17/h3-6,15H,2,7-12,17H2,1H3. The summed E-state index contributed by atoms with van der Waals surface area (Å²) in [4.78, 5) is 14.3. The number of hydrogen-bond donors (Lipinski definition) is 1. The highest BCUT2D eigenvalue weighted by Crippen LogP contribution is 2.16. The topological polar surface area (TPSA) is 55.6 Å². The van der Waals surface area contributed by atoms with Crippen molar-refractivity contribution in [3.8, 4) is 0 Å². The molecule has 20 heavy (non-hydrogen) atoms. The largest absolute Gasteiger partial charge is 0.377 e. The van der Waals surface area contributed by atoms with Crippen LogP contribution in [0.1, 0.15) is 35.7 Å². The number of carbonyl (C=O) groups is 1. The van der Waals surface area contributed by atoms with Gasteiger partial charge in [-0.15, -0.1) is 0 Å². The van der Waals surface area contributed by atoms with Crippen molar-refractivity contribution in [2.24, 2.45) is 5.73 Å². The lowest BCUT2D eigenvalue weighted by atomic mass is 10.0. The van der Waals surface area contributed by atoms with Crippen LogP contribution in [0.25, 0.3) is 0 Å². The lowest BCUT2D eigenvalue weighted by Crippen LogP contribution is -2.41. The molecule has 0 unspecified atom stereocenters. The van der Waals surface area contributed by atoms with Crippen LogP contribution in [-0.2, 0) is 11.2 Å². The molecule has 1 aliphatic heterocycles. The Kier molecular flexibility index (Phi) is 5.56. The van der Waals surface area contributed by atoms with E-state index in [0.29, 0.717) is 13.2 Å². The maximum atomic E-state index is 12.4. The molecule has 0 aliphatic carbocycles. The van der Waals surface area contributed by atoms with Gasteiger partial charge in [-0.25, -0.2) is 0 Å². The molecule has 0 saturated carbocycles. The third kappa shape index (κ3) is 3.81. The first kappa shape index (κ1) is 15.0. The minimum absolute atomic E-state index is 0.130. The number of ether oxygens (including phenoxy) is 1. The number of rotatable bonds is 5. The van der Waals surface area contributed by atoms with Crippen LogP contribution >= 0.6 is 0 Å². The lowest BCUT2D eigenvalue weighted by Gasteiger charge is -2.32. The van der Waals surface area contributed by atoms with E-state index in [9.17, 15) is 4.79 Å². The molecule has 0 spiro atoms. The Hall–Kier alpha value is -1.39. The summed E-state index contributed by atoms with van der Waals surface area (Å²) >= 11 is 0.